The van der Waals surface area contributed by atoms with Gasteiger partial charge in [0, 0.05) is 17.2 Å². The van der Waals surface area contributed by atoms with Gasteiger partial charge in [0.1, 0.15) is 5.01 Å². The van der Waals surface area contributed by atoms with Crippen LogP contribution in [0.1, 0.15) is 71.3 Å². The summed E-state index contributed by atoms with van der Waals surface area (Å²) >= 11 is 1.79. The average Bonchev–Trinajstić information content (AvgIpc) is 3.22. The Bertz CT molecular complexity index is 1050. The first-order chi connectivity index (χ1) is 14.8. The molecule has 0 aliphatic heterocycles. The van der Waals surface area contributed by atoms with Crippen molar-refractivity contribution >= 4 is 11.3 Å². The van der Waals surface area contributed by atoms with E-state index in [1.807, 2.05) is 0 Å². The van der Waals surface area contributed by atoms with Crippen LogP contribution < -0.4 is 5.73 Å². The molecule has 2 N–H and O–H groups in total. The van der Waals surface area contributed by atoms with E-state index in [-0.39, 0.29) is 5.41 Å². The molecule has 0 saturated heterocycles. The van der Waals surface area contributed by atoms with Crippen LogP contribution in [0.5, 0.6) is 0 Å². The van der Waals surface area contributed by atoms with E-state index >= 15 is 0 Å². The largest absolute Gasteiger partial charge is 0.330 e. The third-order valence-corrected chi connectivity index (χ3v) is 8.33. The van der Waals surface area contributed by atoms with Crippen molar-refractivity contribution in [2.75, 3.05) is 6.54 Å². The van der Waals surface area contributed by atoms with Crippen molar-refractivity contribution < 1.29 is 0 Å². The zero-order valence-corrected chi connectivity index (χ0v) is 20.5. The summed E-state index contributed by atoms with van der Waals surface area (Å²) in [6.45, 7) is 12.0. The van der Waals surface area contributed by atoms with E-state index in [2.05, 4.69) is 76.4 Å². The van der Waals surface area contributed by atoms with Crippen LogP contribution in [-0.4, -0.2) is 11.5 Å². The Kier molecular flexibility index (Phi) is 6.37. The van der Waals surface area contributed by atoms with E-state index in [1.54, 1.807) is 11.3 Å². The standard InChI is InChI=1S/C28H36N2S/c1-18-13-24(19(2)12-22(18)10-11-29)16-26-17-31-27(30-26)28(4,5)25-8-6-21(7-9-25)15-23-14-20(23)3/h6-9,12-13,17,20,23H,10-11,14-16,29H2,1-5H3/t20?,23-/m1/s1. The number of hydrogen-bond donors (Lipinski definition) is 1. The molecular weight excluding hydrogens is 396 g/mol. The number of nitrogens with two attached hydrogens (primary N) is 1. The van der Waals surface area contributed by atoms with E-state index in [4.69, 9.17) is 10.7 Å². The molecule has 0 spiro atoms. The van der Waals surface area contributed by atoms with Crippen molar-refractivity contribution in [3.8, 4) is 0 Å². The molecule has 2 aromatic carbocycles. The van der Waals surface area contributed by atoms with E-state index < -0.39 is 0 Å². The van der Waals surface area contributed by atoms with Crippen LogP contribution in [0, 0.1) is 25.7 Å². The zero-order chi connectivity index (χ0) is 22.2. The normalized spacial score (nSPS) is 18.4. The molecule has 3 heteroatoms. The molecule has 1 unspecified atom stereocenters. The Labute approximate surface area is 191 Å². The quantitative estimate of drug-likeness (QED) is 0.449. The average molecular weight is 433 g/mol. The van der Waals surface area contributed by atoms with Crippen LogP contribution in [0.3, 0.4) is 0 Å². The highest BCUT2D eigenvalue weighted by molar-refractivity contribution is 7.09. The molecule has 1 aliphatic rings. The van der Waals surface area contributed by atoms with Crippen LogP contribution >= 0.6 is 11.3 Å². The Morgan fingerprint density at radius 2 is 1.71 bits per heavy atom. The Hall–Kier alpha value is -1.97. The summed E-state index contributed by atoms with van der Waals surface area (Å²) in [6.07, 6.45) is 4.46. The van der Waals surface area contributed by atoms with Crippen molar-refractivity contribution in [2.45, 2.75) is 65.7 Å². The van der Waals surface area contributed by atoms with Gasteiger partial charge < -0.3 is 5.73 Å². The molecule has 2 atom stereocenters. The first kappa shape index (κ1) is 22.2. The molecule has 0 bridgehead atoms. The van der Waals surface area contributed by atoms with Crippen LogP contribution in [0.25, 0.3) is 0 Å². The molecule has 1 heterocycles. The summed E-state index contributed by atoms with van der Waals surface area (Å²) in [4.78, 5) is 5.07. The number of thiazole rings is 1. The van der Waals surface area contributed by atoms with Gasteiger partial charge in [-0.25, -0.2) is 4.98 Å². The molecule has 0 amide bonds. The molecule has 0 radical (unpaired) electrons. The lowest BCUT2D eigenvalue weighted by Crippen LogP contribution is -2.18. The summed E-state index contributed by atoms with van der Waals surface area (Å²) in [5.41, 5.74) is 15.1. The minimum atomic E-state index is -0.0791. The lowest BCUT2D eigenvalue weighted by atomic mass is 9.84. The van der Waals surface area contributed by atoms with Crippen LogP contribution in [0.2, 0.25) is 0 Å². The van der Waals surface area contributed by atoms with Crippen LogP contribution in [0.15, 0.2) is 41.8 Å². The Morgan fingerprint density at radius 1 is 1.06 bits per heavy atom. The summed E-state index contributed by atoms with van der Waals surface area (Å²) in [5.74, 6) is 1.81. The molecule has 1 aromatic heterocycles. The molecule has 1 fully saturated rings. The van der Waals surface area contributed by atoms with Gasteiger partial charge >= 0.3 is 0 Å². The molecule has 2 nitrogen and oxygen atoms in total. The second kappa shape index (κ2) is 8.88. The molecule has 4 rings (SSSR count). The first-order valence-electron chi connectivity index (χ1n) is 11.6. The maximum absolute atomic E-state index is 5.76. The van der Waals surface area contributed by atoms with Gasteiger partial charge in [-0.05, 0) is 98.7 Å². The maximum atomic E-state index is 5.76. The van der Waals surface area contributed by atoms with Crippen molar-refractivity contribution in [3.63, 3.8) is 0 Å². The number of rotatable bonds is 8. The number of aromatic nitrogens is 1. The van der Waals surface area contributed by atoms with Gasteiger partial charge in [-0.1, -0.05) is 43.3 Å². The topological polar surface area (TPSA) is 38.9 Å². The van der Waals surface area contributed by atoms with Gasteiger partial charge in [0.05, 0.1) is 5.69 Å². The number of benzene rings is 2. The molecule has 1 saturated carbocycles. The molecule has 31 heavy (non-hydrogen) atoms. The van der Waals surface area contributed by atoms with Gasteiger partial charge in [-0.2, -0.15) is 0 Å². The molecule has 1 aliphatic carbocycles. The van der Waals surface area contributed by atoms with Gasteiger partial charge in [0.15, 0.2) is 0 Å². The summed E-state index contributed by atoms with van der Waals surface area (Å²) in [5, 5.41) is 3.43. The summed E-state index contributed by atoms with van der Waals surface area (Å²) in [7, 11) is 0. The lowest BCUT2D eigenvalue weighted by Gasteiger charge is -2.23. The number of aryl methyl sites for hydroxylation is 2. The zero-order valence-electron chi connectivity index (χ0n) is 19.7. The predicted octanol–water partition coefficient (Wildman–Crippen LogP) is 6.38. The fourth-order valence-corrected chi connectivity index (χ4v) is 5.55. The van der Waals surface area contributed by atoms with Crippen molar-refractivity contribution in [2.24, 2.45) is 17.6 Å². The fraction of sp³-hybridized carbons (Fsp3) is 0.464. The van der Waals surface area contributed by atoms with E-state index in [1.165, 1.54) is 56.9 Å². The monoisotopic (exact) mass is 432 g/mol. The van der Waals surface area contributed by atoms with E-state index in [0.717, 1.165) is 24.7 Å². The van der Waals surface area contributed by atoms with Crippen molar-refractivity contribution in [3.05, 3.63) is 85.9 Å². The lowest BCUT2D eigenvalue weighted by molar-refractivity contribution is 0.631. The minimum absolute atomic E-state index is 0.0791. The molecule has 164 valence electrons. The Morgan fingerprint density at radius 3 is 2.35 bits per heavy atom. The smallest absolute Gasteiger partial charge is 0.103 e. The summed E-state index contributed by atoms with van der Waals surface area (Å²) in [6, 6.07) is 13.9. The van der Waals surface area contributed by atoms with Crippen LogP contribution in [0.4, 0.5) is 0 Å². The second-order valence-electron chi connectivity index (χ2n) is 10.1. The fourth-order valence-electron chi connectivity index (χ4n) is 4.59. The number of hydrogen-bond acceptors (Lipinski definition) is 3. The highest BCUT2D eigenvalue weighted by Gasteiger charge is 2.32. The van der Waals surface area contributed by atoms with Gasteiger partial charge in [0.2, 0.25) is 0 Å². The highest BCUT2D eigenvalue weighted by atomic mass is 32.1. The first-order valence-corrected chi connectivity index (χ1v) is 12.5. The second-order valence-corrected chi connectivity index (χ2v) is 10.9. The van der Waals surface area contributed by atoms with Crippen LogP contribution in [-0.2, 0) is 24.7 Å². The SMILES string of the molecule is Cc1cc(Cc2csc(C(C)(C)c3ccc(C[C@H]4CC4C)cc3)n2)c(C)cc1CCN. The van der Waals surface area contributed by atoms with E-state index in [0.29, 0.717) is 6.54 Å². The third-order valence-electron chi connectivity index (χ3n) is 7.12. The number of nitrogens with zero attached hydrogens (tertiary/aromatic N) is 1. The minimum Gasteiger partial charge on any atom is -0.330 e. The molecular formula is C28H36N2S. The Balaban J connectivity index is 1.49. The van der Waals surface area contributed by atoms with E-state index in [9.17, 15) is 0 Å². The maximum Gasteiger partial charge on any atom is 0.103 e. The predicted molar refractivity (Wildman–Crippen MR) is 133 cm³/mol. The van der Waals surface area contributed by atoms with Gasteiger partial charge in [-0.3, -0.25) is 0 Å². The van der Waals surface area contributed by atoms with Gasteiger partial charge in [-0.15, -0.1) is 11.3 Å². The van der Waals surface area contributed by atoms with Gasteiger partial charge in [0.25, 0.3) is 0 Å². The summed E-state index contributed by atoms with van der Waals surface area (Å²) < 4.78 is 0. The third kappa shape index (κ3) is 4.94. The highest BCUT2D eigenvalue weighted by Crippen LogP contribution is 2.41. The van der Waals surface area contributed by atoms with Crippen molar-refractivity contribution in [1.82, 2.24) is 4.98 Å². The van der Waals surface area contributed by atoms with Crippen molar-refractivity contribution in [1.29, 1.82) is 0 Å². The molecule has 3 aromatic rings.